The van der Waals surface area contributed by atoms with Crippen molar-refractivity contribution in [2.24, 2.45) is 0 Å². The lowest BCUT2D eigenvalue weighted by molar-refractivity contribution is 0.0846. The van der Waals surface area contributed by atoms with Gasteiger partial charge in [0.25, 0.3) is 11.8 Å². The molecule has 0 saturated heterocycles. The van der Waals surface area contributed by atoms with Crippen LogP contribution in [0.25, 0.3) is 0 Å². The van der Waals surface area contributed by atoms with Crippen LogP contribution in [0.15, 0.2) is 48.5 Å². The summed E-state index contributed by atoms with van der Waals surface area (Å²) >= 11 is 6.05. The second-order valence-corrected chi connectivity index (χ2v) is 4.59. The number of carbonyl (C=O) groups is 2. The van der Waals surface area contributed by atoms with Crippen LogP contribution in [0, 0.1) is 6.92 Å². The molecule has 0 unspecified atom stereocenters. The third-order valence-electron chi connectivity index (χ3n) is 2.76. The second kappa shape index (κ2) is 6.21. The van der Waals surface area contributed by atoms with Gasteiger partial charge >= 0.3 is 0 Å². The number of aryl methyl sites for hydroxylation is 1. The van der Waals surface area contributed by atoms with E-state index in [1.54, 1.807) is 36.4 Å². The zero-order valence-corrected chi connectivity index (χ0v) is 11.6. The minimum Gasteiger partial charge on any atom is -0.267 e. The topological polar surface area (TPSA) is 58.2 Å². The van der Waals surface area contributed by atoms with E-state index in [4.69, 9.17) is 11.6 Å². The molecule has 0 bridgehead atoms. The molecular formula is C15H13ClN2O2. The Hall–Kier alpha value is -2.33. The van der Waals surface area contributed by atoms with Gasteiger partial charge < -0.3 is 0 Å². The van der Waals surface area contributed by atoms with Gasteiger partial charge in [0.2, 0.25) is 0 Å². The maximum atomic E-state index is 11.9. The Labute approximate surface area is 121 Å². The van der Waals surface area contributed by atoms with Crippen LogP contribution in [-0.2, 0) is 0 Å². The van der Waals surface area contributed by atoms with E-state index >= 15 is 0 Å². The van der Waals surface area contributed by atoms with Crippen LogP contribution in [0.3, 0.4) is 0 Å². The molecule has 0 atom stereocenters. The summed E-state index contributed by atoms with van der Waals surface area (Å²) in [5.74, 6) is -0.842. The standard InChI is InChI=1S/C15H13ClN2O2/c1-10-6-5-9-12(13(10)16)15(20)18-17-14(19)11-7-3-2-4-8-11/h2-9H,1H3,(H,17,19)(H,18,20). The molecule has 0 heterocycles. The molecular weight excluding hydrogens is 276 g/mol. The Morgan fingerprint density at radius 2 is 1.55 bits per heavy atom. The van der Waals surface area contributed by atoms with Gasteiger partial charge in [-0.1, -0.05) is 41.9 Å². The molecule has 0 aliphatic rings. The van der Waals surface area contributed by atoms with Gasteiger partial charge in [0.1, 0.15) is 0 Å². The Balaban J connectivity index is 2.03. The molecule has 102 valence electrons. The molecule has 0 radical (unpaired) electrons. The highest BCUT2D eigenvalue weighted by Gasteiger charge is 2.12. The highest BCUT2D eigenvalue weighted by Crippen LogP contribution is 2.19. The van der Waals surface area contributed by atoms with Crippen LogP contribution in [0.2, 0.25) is 5.02 Å². The van der Waals surface area contributed by atoms with Crippen LogP contribution in [0.1, 0.15) is 26.3 Å². The summed E-state index contributed by atoms with van der Waals surface area (Å²) in [5.41, 5.74) is 6.27. The third kappa shape index (κ3) is 3.16. The van der Waals surface area contributed by atoms with Crippen molar-refractivity contribution >= 4 is 23.4 Å². The van der Waals surface area contributed by atoms with Gasteiger partial charge in [0.15, 0.2) is 0 Å². The highest BCUT2D eigenvalue weighted by atomic mass is 35.5. The molecule has 0 spiro atoms. The molecule has 2 aromatic rings. The summed E-state index contributed by atoms with van der Waals surface area (Å²) in [6.07, 6.45) is 0. The molecule has 0 aliphatic heterocycles. The number of halogens is 1. The van der Waals surface area contributed by atoms with E-state index in [0.717, 1.165) is 5.56 Å². The first kappa shape index (κ1) is 14.1. The van der Waals surface area contributed by atoms with E-state index < -0.39 is 5.91 Å². The average molecular weight is 289 g/mol. The lowest BCUT2D eigenvalue weighted by Crippen LogP contribution is -2.41. The van der Waals surface area contributed by atoms with Gasteiger partial charge in [-0.15, -0.1) is 0 Å². The van der Waals surface area contributed by atoms with Gasteiger partial charge in [-0.05, 0) is 30.7 Å². The first-order chi connectivity index (χ1) is 9.59. The molecule has 5 heteroatoms. The fourth-order valence-electron chi connectivity index (χ4n) is 1.67. The quantitative estimate of drug-likeness (QED) is 0.835. The first-order valence-electron chi connectivity index (χ1n) is 6.00. The molecule has 20 heavy (non-hydrogen) atoms. The number of hydrogen-bond donors (Lipinski definition) is 2. The highest BCUT2D eigenvalue weighted by molar-refractivity contribution is 6.34. The zero-order chi connectivity index (χ0) is 14.5. The van der Waals surface area contributed by atoms with Gasteiger partial charge in [0.05, 0.1) is 10.6 Å². The Morgan fingerprint density at radius 1 is 0.900 bits per heavy atom. The summed E-state index contributed by atoms with van der Waals surface area (Å²) in [6, 6.07) is 13.7. The van der Waals surface area contributed by atoms with Crippen LogP contribution in [-0.4, -0.2) is 11.8 Å². The van der Waals surface area contributed by atoms with Crippen molar-refractivity contribution in [3.63, 3.8) is 0 Å². The van der Waals surface area contributed by atoms with E-state index in [2.05, 4.69) is 10.9 Å². The fraction of sp³-hybridized carbons (Fsp3) is 0.0667. The van der Waals surface area contributed by atoms with E-state index in [1.807, 2.05) is 19.1 Å². The second-order valence-electron chi connectivity index (χ2n) is 4.21. The minimum absolute atomic E-state index is 0.319. The van der Waals surface area contributed by atoms with Gasteiger partial charge in [-0.3, -0.25) is 20.4 Å². The van der Waals surface area contributed by atoms with Crippen molar-refractivity contribution in [1.82, 2.24) is 10.9 Å². The largest absolute Gasteiger partial charge is 0.271 e. The van der Waals surface area contributed by atoms with Crippen molar-refractivity contribution in [2.45, 2.75) is 6.92 Å². The molecule has 0 fully saturated rings. The van der Waals surface area contributed by atoms with Gasteiger partial charge in [-0.25, -0.2) is 0 Å². The van der Waals surface area contributed by atoms with Crippen molar-refractivity contribution in [3.8, 4) is 0 Å². The minimum atomic E-state index is -0.456. The monoisotopic (exact) mass is 288 g/mol. The molecule has 0 aliphatic carbocycles. The van der Waals surface area contributed by atoms with E-state index in [-0.39, 0.29) is 5.91 Å². The van der Waals surface area contributed by atoms with Gasteiger partial charge in [0, 0.05) is 5.56 Å². The number of hydrogen-bond acceptors (Lipinski definition) is 2. The molecule has 0 aromatic heterocycles. The molecule has 2 rings (SSSR count). The first-order valence-corrected chi connectivity index (χ1v) is 6.38. The van der Waals surface area contributed by atoms with E-state index in [1.165, 1.54) is 0 Å². The van der Waals surface area contributed by atoms with Gasteiger partial charge in [-0.2, -0.15) is 0 Å². The molecule has 0 saturated carbocycles. The normalized spacial score (nSPS) is 9.90. The number of nitrogens with one attached hydrogen (secondary N) is 2. The predicted octanol–water partition coefficient (Wildman–Crippen LogP) is 2.72. The van der Waals surface area contributed by atoms with E-state index in [0.29, 0.717) is 16.1 Å². The van der Waals surface area contributed by atoms with Crippen LogP contribution in [0.5, 0.6) is 0 Å². The fourth-order valence-corrected chi connectivity index (χ4v) is 1.88. The Bertz CT molecular complexity index is 642. The maximum absolute atomic E-state index is 11.9. The lowest BCUT2D eigenvalue weighted by atomic mass is 10.1. The average Bonchev–Trinajstić information content (AvgIpc) is 2.48. The van der Waals surface area contributed by atoms with E-state index in [9.17, 15) is 9.59 Å². The molecule has 2 N–H and O–H groups in total. The number of carbonyl (C=O) groups excluding carboxylic acids is 2. The smallest absolute Gasteiger partial charge is 0.267 e. The van der Waals surface area contributed by atoms with Crippen molar-refractivity contribution in [3.05, 3.63) is 70.2 Å². The Kier molecular flexibility index (Phi) is 4.38. The Morgan fingerprint density at radius 3 is 2.25 bits per heavy atom. The number of benzene rings is 2. The van der Waals surface area contributed by atoms with Crippen LogP contribution in [0.4, 0.5) is 0 Å². The number of amides is 2. The lowest BCUT2D eigenvalue weighted by Gasteiger charge is -2.09. The molecule has 2 amide bonds. The zero-order valence-electron chi connectivity index (χ0n) is 10.8. The summed E-state index contributed by atoms with van der Waals surface area (Å²) in [6.45, 7) is 1.81. The van der Waals surface area contributed by atoms with Crippen LogP contribution < -0.4 is 10.9 Å². The summed E-state index contributed by atoms with van der Waals surface area (Å²) in [5, 5.41) is 0.374. The van der Waals surface area contributed by atoms with Crippen molar-refractivity contribution < 1.29 is 9.59 Å². The van der Waals surface area contributed by atoms with Crippen molar-refractivity contribution in [1.29, 1.82) is 0 Å². The molecule has 4 nitrogen and oxygen atoms in total. The van der Waals surface area contributed by atoms with Crippen molar-refractivity contribution in [2.75, 3.05) is 0 Å². The summed E-state index contributed by atoms with van der Waals surface area (Å²) < 4.78 is 0. The summed E-state index contributed by atoms with van der Waals surface area (Å²) in [4.78, 5) is 23.7. The third-order valence-corrected chi connectivity index (χ3v) is 3.26. The van der Waals surface area contributed by atoms with Crippen LogP contribution >= 0.6 is 11.6 Å². The summed E-state index contributed by atoms with van der Waals surface area (Å²) in [7, 11) is 0. The maximum Gasteiger partial charge on any atom is 0.271 e. The number of rotatable bonds is 2. The SMILES string of the molecule is Cc1cccc(C(=O)NNC(=O)c2ccccc2)c1Cl. The molecule has 2 aromatic carbocycles. The predicted molar refractivity (Wildman–Crippen MR) is 77.6 cm³/mol. The number of hydrazine groups is 1.